The second kappa shape index (κ2) is 10.7. The SMILES string of the molecule is CCCN(CCCOCCOC)C1CCNCC1. The zero-order valence-electron chi connectivity index (χ0n) is 12.1. The van der Waals surface area contributed by atoms with Crippen LogP contribution in [0.4, 0.5) is 0 Å². The highest BCUT2D eigenvalue weighted by Gasteiger charge is 2.19. The van der Waals surface area contributed by atoms with E-state index in [0.717, 1.165) is 25.7 Å². The molecule has 1 aliphatic heterocycles. The van der Waals surface area contributed by atoms with E-state index in [1.54, 1.807) is 7.11 Å². The molecule has 0 aliphatic carbocycles. The second-order valence-corrected chi connectivity index (χ2v) is 4.98. The van der Waals surface area contributed by atoms with E-state index in [9.17, 15) is 0 Å². The van der Waals surface area contributed by atoms with Crippen molar-refractivity contribution < 1.29 is 9.47 Å². The van der Waals surface area contributed by atoms with E-state index in [0.29, 0.717) is 6.61 Å². The fourth-order valence-corrected chi connectivity index (χ4v) is 2.55. The number of piperidine rings is 1. The fraction of sp³-hybridized carbons (Fsp3) is 1.00. The molecule has 0 unspecified atom stereocenters. The lowest BCUT2D eigenvalue weighted by atomic mass is 10.0. The molecule has 1 rings (SSSR count). The molecule has 0 bridgehead atoms. The van der Waals surface area contributed by atoms with Gasteiger partial charge in [0.25, 0.3) is 0 Å². The lowest BCUT2D eigenvalue weighted by Gasteiger charge is -2.34. The summed E-state index contributed by atoms with van der Waals surface area (Å²) in [7, 11) is 1.71. The predicted octanol–water partition coefficient (Wildman–Crippen LogP) is 1.50. The van der Waals surface area contributed by atoms with Crippen LogP contribution < -0.4 is 5.32 Å². The Labute approximate surface area is 112 Å². The van der Waals surface area contributed by atoms with Gasteiger partial charge in [0.15, 0.2) is 0 Å². The molecule has 1 N–H and O–H groups in total. The van der Waals surface area contributed by atoms with Crippen LogP contribution in [0, 0.1) is 0 Å². The van der Waals surface area contributed by atoms with Gasteiger partial charge >= 0.3 is 0 Å². The van der Waals surface area contributed by atoms with Gasteiger partial charge in [-0.3, -0.25) is 0 Å². The monoisotopic (exact) mass is 258 g/mol. The standard InChI is InChI=1S/C14H30N2O2/c1-3-9-16(14-5-7-15-8-6-14)10-4-11-18-13-12-17-2/h14-15H,3-13H2,1-2H3. The molecule has 0 aromatic rings. The van der Waals surface area contributed by atoms with Crippen LogP contribution in [0.25, 0.3) is 0 Å². The molecule has 1 fully saturated rings. The molecular weight excluding hydrogens is 228 g/mol. The van der Waals surface area contributed by atoms with Crippen LogP contribution in [0.2, 0.25) is 0 Å². The van der Waals surface area contributed by atoms with Crippen LogP contribution in [-0.2, 0) is 9.47 Å². The van der Waals surface area contributed by atoms with Gasteiger partial charge in [-0.1, -0.05) is 6.92 Å². The van der Waals surface area contributed by atoms with Gasteiger partial charge in [-0.2, -0.15) is 0 Å². The summed E-state index contributed by atoms with van der Waals surface area (Å²) < 4.78 is 10.5. The van der Waals surface area contributed by atoms with Crippen molar-refractivity contribution >= 4 is 0 Å². The Morgan fingerprint density at radius 3 is 2.56 bits per heavy atom. The Kier molecular flexibility index (Phi) is 9.48. The van der Waals surface area contributed by atoms with Gasteiger partial charge in [-0.15, -0.1) is 0 Å². The van der Waals surface area contributed by atoms with Crippen LogP contribution in [-0.4, -0.2) is 64.1 Å². The predicted molar refractivity (Wildman–Crippen MR) is 75.1 cm³/mol. The van der Waals surface area contributed by atoms with Crippen molar-refractivity contribution in [1.82, 2.24) is 10.2 Å². The smallest absolute Gasteiger partial charge is 0.0700 e. The minimum absolute atomic E-state index is 0.701. The van der Waals surface area contributed by atoms with Crippen LogP contribution in [0.1, 0.15) is 32.6 Å². The first-order chi connectivity index (χ1) is 8.88. The number of hydrogen-bond acceptors (Lipinski definition) is 4. The first-order valence-electron chi connectivity index (χ1n) is 7.40. The Morgan fingerprint density at radius 1 is 1.11 bits per heavy atom. The average Bonchev–Trinajstić information content (AvgIpc) is 2.42. The summed E-state index contributed by atoms with van der Waals surface area (Å²) in [6.45, 7) is 9.29. The zero-order valence-corrected chi connectivity index (χ0v) is 12.1. The fourth-order valence-electron chi connectivity index (χ4n) is 2.55. The Hall–Kier alpha value is -0.160. The molecule has 4 nitrogen and oxygen atoms in total. The molecule has 0 aromatic heterocycles. The molecule has 108 valence electrons. The van der Waals surface area contributed by atoms with Gasteiger partial charge in [0.2, 0.25) is 0 Å². The summed E-state index contributed by atoms with van der Waals surface area (Å²) in [6.07, 6.45) is 4.97. The van der Waals surface area contributed by atoms with Crippen LogP contribution in [0.5, 0.6) is 0 Å². The second-order valence-electron chi connectivity index (χ2n) is 4.98. The maximum atomic E-state index is 5.53. The number of ether oxygens (including phenoxy) is 2. The average molecular weight is 258 g/mol. The van der Waals surface area contributed by atoms with Crippen LogP contribution in [0.3, 0.4) is 0 Å². The Bertz CT molecular complexity index is 185. The molecule has 0 aromatic carbocycles. The van der Waals surface area contributed by atoms with E-state index in [1.807, 2.05) is 0 Å². The van der Waals surface area contributed by atoms with Crippen LogP contribution in [0.15, 0.2) is 0 Å². The topological polar surface area (TPSA) is 33.7 Å². The van der Waals surface area contributed by atoms with Crippen molar-refractivity contribution in [2.24, 2.45) is 0 Å². The molecule has 0 radical (unpaired) electrons. The van der Waals surface area contributed by atoms with Crippen molar-refractivity contribution in [1.29, 1.82) is 0 Å². The van der Waals surface area contributed by atoms with E-state index in [2.05, 4.69) is 17.1 Å². The molecule has 1 heterocycles. The maximum absolute atomic E-state index is 5.53. The molecule has 1 aliphatic rings. The van der Waals surface area contributed by atoms with Gasteiger partial charge in [0, 0.05) is 26.3 Å². The quantitative estimate of drug-likeness (QED) is 0.602. The van der Waals surface area contributed by atoms with Crippen molar-refractivity contribution in [3.8, 4) is 0 Å². The number of rotatable bonds is 10. The minimum atomic E-state index is 0.701. The highest BCUT2D eigenvalue weighted by atomic mass is 16.5. The van der Waals surface area contributed by atoms with Crippen molar-refractivity contribution in [3.63, 3.8) is 0 Å². The first kappa shape index (κ1) is 15.9. The van der Waals surface area contributed by atoms with Gasteiger partial charge in [0.05, 0.1) is 13.2 Å². The third-order valence-electron chi connectivity index (χ3n) is 3.50. The Balaban J connectivity index is 2.12. The lowest BCUT2D eigenvalue weighted by Crippen LogP contribution is -2.44. The van der Waals surface area contributed by atoms with Crippen molar-refractivity contribution in [2.45, 2.75) is 38.6 Å². The van der Waals surface area contributed by atoms with Gasteiger partial charge < -0.3 is 19.7 Å². The minimum Gasteiger partial charge on any atom is -0.382 e. The summed E-state index contributed by atoms with van der Waals surface area (Å²) in [4.78, 5) is 2.65. The zero-order chi connectivity index (χ0) is 13.1. The summed E-state index contributed by atoms with van der Waals surface area (Å²) in [5.41, 5.74) is 0. The number of nitrogens with zero attached hydrogens (tertiary/aromatic N) is 1. The molecule has 0 saturated carbocycles. The Morgan fingerprint density at radius 2 is 1.89 bits per heavy atom. The number of hydrogen-bond donors (Lipinski definition) is 1. The molecule has 1 saturated heterocycles. The maximum Gasteiger partial charge on any atom is 0.0700 e. The summed E-state index contributed by atoms with van der Waals surface area (Å²) in [5, 5.41) is 3.44. The molecule has 0 spiro atoms. The molecular formula is C14H30N2O2. The van der Waals surface area contributed by atoms with Crippen molar-refractivity contribution in [2.75, 3.05) is 53.1 Å². The number of nitrogens with one attached hydrogen (secondary N) is 1. The lowest BCUT2D eigenvalue weighted by molar-refractivity contribution is 0.0609. The van der Waals surface area contributed by atoms with E-state index in [4.69, 9.17) is 9.47 Å². The molecule has 4 heteroatoms. The highest BCUT2D eigenvalue weighted by Crippen LogP contribution is 2.12. The summed E-state index contributed by atoms with van der Waals surface area (Å²) >= 11 is 0. The van der Waals surface area contributed by atoms with Crippen LogP contribution >= 0.6 is 0 Å². The van der Waals surface area contributed by atoms with E-state index in [1.165, 1.54) is 45.4 Å². The molecule has 18 heavy (non-hydrogen) atoms. The largest absolute Gasteiger partial charge is 0.382 e. The molecule has 0 amide bonds. The van der Waals surface area contributed by atoms with Gasteiger partial charge in [-0.25, -0.2) is 0 Å². The van der Waals surface area contributed by atoms with Gasteiger partial charge in [-0.05, 0) is 45.3 Å². The molecule has 0 atom stereocenters. The van der Waals surface area contributed by atoms with Gasteiger partial charge in [0.1, 0.15) is 0 Å². The van der Waals surface area contributed by atoms with E-state index in [-0.39, 0.29) is 0 Å². The first-order valence-corrected chi connectivity index (χ1v) is 7.40. The van der Waals surface area contributed by atoms with E-state index < -0.39 is 0 Å². The number of methoxy groups -OCH3 is 1. The third-order valence-corrected chi connectivity index (χ3v) is 3.50. The summed E-state index contributed by atoms with van der Waals surface area (Å²) in [5.74, 6) is 0. The third kappa shape index (κ3) is 6.69. The van der Waals surface area contributed by atoms with E-state index >= 15 is 0 Å². The highest BCUT2D eigenvalue weighted by molar-refractivity contribution is 4.77. The normalized spacial score (nSPS) is 17.5. The van der Waals surface area contributed by atoms with Crippen molar-refractivity contribution in [3.05, 3.63) is 0 Å². The summed E-state index contributed by atoms with van der Waals surface area (Å²) in [6, 6.07) is 0.783.